The van der Waals surface area contributed by atoms with E-state index in [9.17, 15) is 14.4 Å². The van der Waals surface area contributed by atoms with Crippen LogP contribution in [-0.4, -0.2) is 23.1 Å². The van der Waals surface area contributed by atoms with Crippen LogP contribution in [0.5, 0.6) is 0 Å². The maximum absolute atomic E-state index is 13.8. The summed E-state index contributed by atoms with van der Waals surface area (Å²) in [5, 5.41) is 2.82. The van der Waals surface area contributed by atoms with E-state index in [1.165, 1.54) is 4.57 Å². The number of halogens is 1. The third-order valence-electron chi connectivity index (χ3n) is 5.58. The van der Waals surface area contributed by atoms with Crippen molar-refractivity contribution >= 4 is 50.4 Å². The molecule has 0 saturated carbocycles. The number of esters is 1. The third-order valence-corrected chi connectivity index (χ3v) is 7.16. The minimum Gasteiger partial charge on any atom is -0.463 e. The fourth-order valence-electron chi connectivity index (χ4n) is 4.15. The zero-order valence-electron chi connectivity index (χ0n) is 17.7. The molecule has 0 aliphatic carbocycles. The van der Waals surface area contributed by atoms with E-state index < -0.39 is 12.0 Å². The molecular weight excluding hydrogens is 506 g/mol. The van der Waals surface area contributed by atoms with Gasteiger partial charge in [0, 0.05) is 15.7 Å². The van der Waals surface area contributed by atoms with E-state index in [1.54, 1.807) is 19.9 Å². The average molecular weight is 524 g/mol. The van der Waals surface area contributed by atoms with E-state index in [2.05, 4.69) is 26.2 Å². The minimum atomic E-state index is -0.720. The number of rotatable bonds is 3. The Bertz CT molecular complexity index is 1530. The molecule has 1 atom stereocenters. The Kier molecular flexibility index (Phi) is 5.38. The van der Waals surface area contributed by atoms with Crippen molar-refractivity contribution in [2.24, 2.45) is 4.99 Å². The van der Waals surface area contributed by atoms with Crippen molar-refractivity contribution < 1.29 is 14.3 Å². The van der Waals surface area contributed by atoms with Gasteiger partial charge in [-0.15, -0.1) is 0 Å². The molecule has 9 heteroatoms. The third kappa shape index (κ3) is 3.48. The van der Waals surface area contributed by atoms with Crippen molar-refractivity contribution in [3.63, 3.8) is 0 Å². The molecule has 2 aromatic carbocycles. The molecule has 7 nitrogen and oxygen atoms in total. The first-order valence-electron chi connectivity index (χ1n) is 10.3. The zero-order chi connectivity index (χ0) is 23.3. The quantitative estimate of drug-likeness (QED) is 0.534. The topological polar surface area (TPSA) is 89.8 Å². The lowest BCUT2D eigenvalue weighted by atomic mass is 9.96. The van der Waals surface area contributed by atoms with E-state index in [0.717, 1.165) is 21.4 Å². The Balaban J connectivity index is 1.82. The molecule has 33 heavy (non-hydrogen) atoms. The molecule has 2 aliphatic heterocycles. The lowest BCUT2D eigenvalue weighted by Gasteiger charge is -2.24. The summed E-state index contributed by atoms with van der Waals surface area (Å²) in [4.78, 5) is 44.5. The second kappa shape index (κ2) is 8.24. The van der Waals surface area contributed by atoms with Crippen LogP contribution in [0.2, 0.25) is 0 Å². The fourth-order valence-corrected chi connectivity index (χ4v) is 5.55. The molecule has 3 aromatic rings. The Morgan fingerprint density at radius 2 is 1.91 bits per heavy atom. The van der Waals surface area contributed by atoms with Crippen molar-refractivity contribution in [3.8, 4) is 0 Å². The number of benzene rings is 2. The molecule has 1 amide bonds. The summed E-state index contributed by atoms with van der Waals surface area (Å²) in [5.41, 5.74) is 2.82. The van der Waals surface area contributed by atoms with E-state index in [0.29, 0.717) is 32.9 Å². The monoisotopic (exact) mass is 523 g/mol. The van der Waals surface area contributed by atoms with Crippen molar-refractivity contribution in [1.82, 2.24) is 4.57 Å². The molecule has 0 radical (unpaired) electrons. The molecule has 3 heterocycles. The first-order chi connectivity index (χ1) is 15.9. The van der Waals surface area contributed by atoms with Crippen LogP contribution < -0.4 is 20.2 Å². The number of anilines is 1. The first-order valence-corrected chi connectivity index (χ1v) is 11.9. The molecule has 166 valence electrons. The lowest BCUT2D eigenvalue weighted by Crippen LogP contribution is -2.40. The van der Waals surface area contributed by atoms with Gasteiger partial charge in [0.1, 0.15) is 4.53 Å². The number of fused-ring (bicyclic) bond motifs is 2. The Hall–Kier alpha value is -3.30. The van der Waals surface area contributed by atoms with Gasteiger partial charge in [-0.05, 0) is 37.6 Å². The molecule has 0 spiro atoms. The molecule has 0 saturated heterocycles. The fraction of sp³-hybridized carbons (Fsp3) is 0.167. The molecule has 1 aromatic heterocycles. The van der Waals surface area contributed by atoms with Gasteiger partial charge in [-0.1, -0.05) is 57.6 Å². The van der Waals surface area contributed by atoms with Gasteiger partial charge in [-0.25, -0.2) is 9.79 Å². The van der Waals surface area contributed by atoms with E-state index in [1.807, 2.05) is 42.5 Å². The largest absolute Gasteiger partial charge is 0.463 e. The summed E-state index contributed by atoms with van der Waals surface area (Å²) < 4.78 is 7.96. The molecule has 0 bridgehead atoms. The number of nitrogens with one attached hydrogen (secondary N) is 1. The van der Waals surface area contributed by atoms with Gasteiger partial charge in [-0.3, -0.25) is 14.2 Å². The van der Waals surface area contributed by atoms with Crippen molar-refractivity contribution in [2.75, 3.05) is 11.9 Å². The van der Waals surface area contributed by atoms with Gasteiger partial charge in [-0.2, -0.15) is 0 Å². The highest BCUT2D eigenvalue weighted by Gasteiger charge is 2.35. The van der Waals surface area contributed by atoms with Crippen LogP contribution in [0.1, 0.15) is 31.0 Å². The Morgan fingerprint density at radius 3 is 2.64 bits per heavy atom. The number of aromatic nitrogens is 1. The molecule has 5 rings (SSSR count). The molecule has 0 fully saturated rings. The second-order valence-corrected chi connectivity index (χ2v) is 9.44. The van der Waals surface area contributed by atoms with Crippen molar-refractivity contribution in [3.05, 3.63) is 95.1 Å². The summed E-state index contributed by atoms with van der Waals surface area (Å²) in [6.07, 6.45) is 0. The van der Waals surface area contributed by atoms with Crippen LogP contribution >= 0.6 is 27.3 Å². The molecule has 2 aliphatic rings. The summed E-state index contributed by atoms with van der Waals surface area (Å²) in [6.45, 7) is 3.67. The summed E-state index contributed by atoms with van der Waals surface area (Å²) in [6, 6.07) is 13.9. The highest BCUT2D eigenvalue weighted by molar-refractivity contribution is 9.10. The average Bonchev–Trinajstić information content (AvgIpc) is 3.28. The van der Waals surface area contributed by atoms with Gasteiger partial charge >= 0.3 is 5.97 Å². The van der Waals surface area contributed by atoms with E-state index in [-0.39, 0.29) is 22.6 Å². The maximum atomic E-state index is 13.8. The van der Waals surface area contributed by atoms with Crippen LogP contribution in [0.4, 0.5) is 5.69 Å². The predicted octanol–water partition coefficient (Wildman–Crippen LogP) is 2.88. The predicted molar refractivity (Wildman–Crippen MR) is 129 cm³/mol. The van der Waals surface area contributed by atoms with E-state index >= 15 is 0 Å². The lowest BCUT2D eigenvalue weighted by molar-refractivity contribution is -0.139. The molecule has 1 N–H and O–H groups in total. The SMILES string of the molecule is CCOC(=O)C1=C(C)N=c2s/c(=C3\C(=O)Nc4ccccc43)c(=O)n2[C@H]1c1ccc(Br)cc1. The number of carbonyl (C=O) groups is 2. The zero-order valence-corrected chi connectivity index (χ0v) is 20.1. The number of nitrogens with zero attached hydrogens (tertiary/aromatic N) is 2. The summed E-state index contributed by atoms with van der Waals surface area (Å²) in [5.74, 6) is -0.850. The van der Waals surface area contributed by atoms with Crippen LogP contribution in [0.15, 0.2) is 74.1 Å². The summed E-state index contributed by atoms with van der Waals surface area (Å²) >= 11 is 4.58. The van der Waals surface area contributed by atoms with Gasteiger partial charge < -0.3 is 10.1 Å². The highest BCUT2D eigenvalue weighted by atomic mass is 79.9. The van der Waals surface area contributed by atoms with Crippen molar-refractivity contribution in [1.29, 1.82) is 0 Å². The van der Waals surface area contributed by atoms with Gasteiger partial charge in [0.25, 0.3) is 11.5 Å². The maximum Gasteiger partial charge on any atom is 0.338 e. The van der Waals surface area contributed by atoms with Gasteiger partial charge in [0.15, 0.2) is 4.80 Å². The number of allylic oxidation sites excluding steroid dienone is 1. The minimum absolute atomic E-state index is 0.203. The van der Waals surface area contributed by atoms with Crippen molar-refractivity contribution in [2.45, 2.75) is 19.9 Å². The van der Waals surface area contributed by atoms with Crippen LogP contribution in [0.25, 0.3) is 5.57 Å². The first kappa shape index (κ1) is 21.5. The number of amides is 1. The Morgan fingerprint density at radius 1 is 1.18 bits per heavy atom. The van der Waals surface area contributed by atoms with E-state index in [4.69, 9.17) is 4.74 Å². The Labute approximate surface area is 200 Å². The normalized spacial score (nSPS) is 18.4. The molecule has 0 unspecified atom stereocenters. The number of hydrogen-bond donors (Lipinski definition) is 1. The van der Waals surface area contributed by atoms with Crippen LogP contribution in [0, 0.1) is 0 Å². The smallest absolute Gasteiger partial charge is 0.338 e. The number of thiazole rings is 1. The highest BCUT2D eigenvalue weighted by Crippen LogP contribution is 2.32. The number of para-hydroxylation sites is 1. The number of hydrogen-bond acceptors (Lipinski definition) is 6. The number of carbonyl (C=O) groups excluding carboxylic acids is 2. The van der Waals surface area contributed by atoms with Crippen LogP contribution in [-0.2, 0) is 14.3 Å². The summed E-state index contributed by atoms with van der Waals surface area (Å²) in [7, 11) is 0. The van der Waals surface area contributed by atoms with Gasteiger partial charge in [0.05, 0.1) is 29.5 Å². The standard InChI is InChI=1S/C24H18BrN3O4S/c1-3-32-23(31)17-12(2)26-24-28(19(17)13-8-10-14(25)11-9-13)22(30)20(33-24)18-15-6-4-5-7-16(15)27-21(18)29/h4-11,19H,3H2,1-2H3,(H,27,29)/b20-18-/t19-/m0/s1. The second-order valence-electron chi connectivity index (χ2n) is 7.55. The van der Waals surface area contributed by atoms with Crippen LogP contribution in [0.3, 0.4) is 0 Å². The molecular formula is C24H18BrN3O4S. The number of ether oxygens (including phenoxy) is 1. The van der Waals surface area contributed by atoms with Gasteiger partial charge in [0.2, 0.25) is 0 Å².